The first-order valence-electron chi connectivity index (χ1n) is 8.70. The number of nitrogens with one attached hydrogen (secondary N) is 1. The molecule has 28 heavy (non-hydrogen) atoms. The molecule has 1 N–H and O–H groups in total. The number of ether oxygens (including phenoxy) is 2. The van der Waals surface area contributed by atoms with Crippen molar-refractivity contribution >= 4 is 5.91 Å². The maximum atomic E-state index is 14.1. The molecule has 142 valence electrons. The predicted molar refractivity (Wildman–Crippen MR) is 98.7 cm³/mol. The van der Waals surface area contributed by atoms with E-state index in [0.29, 0.717) is 35.0 Å². The summed E-state index contributed by atoms with van der Waals surface area (Å²) in [6, 6.07) is 11.3. The topological polar surface area (TPSA) is 86.2 Å². The van der Waals surface area contributed by atoms with Crippen LogP contribution in [0.5, 0.6) is 11.6 Å². The van der Waals surface area contributed by atoms with Crippen molar-refractivity contribution in [2.24, 2.45) is 0 Å². The molecule has 1 aliphatic heterocycles. The number of nitrogens with zero attached hydrogens (tertiary/aromatic N) is 3. The minimum Gasteiger partial charge on any atom is -0.487 e. The van der Waals surface area contributed by atoms with Crippen LogP contribution in [0.2, 0.25) is 0 Å². The molecule has 8 heteroatoms. The first-order chi connectivity index (χ1) is 13.6. The SMILES string of the molecule is COc1ccc(-c2cc(F)cc3c2O[C@H](CNC(=O)c2ccccn2)C3)nn1. The van der Waals surface area contributed by atoms with Gasteiger partial charge in [0.05, 0.1) is 19.3 Å². The van der Waals surface area contributed by atoms with Crippen LogP contribution in [0.4, 0.5) is 4.39 Å². The highest BCUT2D eigenvalue weighted by atomic mass is 19.1. The van der Waals surface area contributed by atoms with Crippen molar-refractivity contribution in [3.05, 3.63) is 65.7 Å². The molecule has 1 amide bonds. The van der Waals surface area contributed by atoms with E-state index in [2.05, 4.69) is 20.5 Å². The van der Waals surface area contributed by atoms with E-state index in [1.54, 1.807) is 36.5 Å². The Morgan fingerprint density at radius 1 is 1.29 bits per heavy atom. The Balaban J connectivity index is 1.50. The van der Waals surface area contributed by atoms with Crippen LogP contribution in [0.1, 0.15) is 16.1 Å². The number of aromatic nitrogens is 3. The first-order valence-corrected chi connectivity index (χ1v) is 8.70. The molecule has 7 nitrogen and oxygen atoms in total. The Bertz CT molecular complexity index is 996. The van der Waals surface area contributed by atoms with Gasteiger partial charge < -0.3 is 14.8 Å². The normalized spacial score (nSPS) is 14.9. The zero-order chi connectivity index (χ0) is 19.5. The number of rotatable bonds is 5. The molecule has 3 aromatic rings. The molecule has 0 aliphatic carbocycles. The zero-order valence-corrected chi connectivity index (χ0v) is 15.1. The van der Waals surface area contributed by atoms with E-state index in [0.717, 1.165) is 5.56 Å². The molecule has 1 aromatic carbocycles. The summed E-state index contributed by atoms with van der Waals surface area (Å²) in [7, 11) is 1.50. The summed E-state index contributed by atoms with van der Waals surface area (Å²) in [4.78, 5) is 16.2. The Kier molecular flexibility index (Phi) is 4.84. The molecule has 0 spiro atoms. The fourth-order valence-corrected chi connectivity index (χ4v) is 3.07. The van der Waals surface area contributed by atoms with E-state index in [-0.39, 0.29) is 24.4 Å². The van der Waals surface area contributed by atoms with E-state index in [9.17, 15) is 9.18 Å². The van der Waals surface area contributed by atoms with Crippen LogP contribution >= 0.6 is 0 Å². The smallest absolute Gasteiger partial charge is 0.270 e. The second-order valence-corrected chi connectivity index (χ2v) is 6.27. The van der Waals surface area contributed by atoms with Gasteiger partial charge in [-0.25, -0.2) is 4.39 Å². The van der Waals surface area contributed by atoms with Gasteiger partial charge in [-0.05, 0) is 30.3 Å². The van der Waals surface area contributed by atoms with Crippen LogP contribution in [0, 0.1) is 5.82 Å². The van der Waals surface area contributed by atoms with Gasteiger partial charge in [-0.2, -0.15) is 0 Å². The fourth-order valence-electron chi connectivity index (χ4n) is 3.07. The molecule has 3 heterocycles. The van der Waals surface area contributed by atoms with Crippen molar-refractivity contribution in [2.75, 3.05) is 13.7 Å². The summed E-state index contributed by atoms with van der Waals surface area (Å²) >= 11 is 0. The molecule has 4 rings (SSSR count). The quantitative estimate of drug-likeness (QED) is 0.732. The third-order valence-electron chi connectivity index (χ3n) is 4.38. The summed E-state index contributed by atoms with van der Waals surface area (Å²) < 4.78 is 25.1. The van der Waals surface area contributed by atoms with Crippen LogP contribution in [-0.2, 0) is 6.42 Å². The largest absolute Gasteiger partial charge is 0.487 e. The Hall–Kier alpha value is -3.55. The highest BCUT2D eigenvalue weighted by Gasteiger charge is 2.28. The molecule has 0 bridgehead atoms. The van der Waals surface area contributed by atoms with Crippen molar-refractivity contribution in [3.63, 3.8) is 0 Å². The number of carbonyl (C=O) groups excluding carboxylic acids is 1. The number of amides is 1. The Labute approximate surface area is 160 Å². The van der Waals surface area contributed by atoms with Gasteiger partial charge in [-0.1, -0.05) is 6.07 Å². The highest BCUT2D eigenvalue weighted by Crippen LogP contribution is 2.38. The number of pyridine rings is 1. The molecular formula is C20H17FN4O3. The molecule has 0 saturated heterocycles. The summed E-state index contributed by atoms with van der Waals surface area (Å²) in [5.74, 6) is 0.256. The summed E-state index contributed by atoms with van der Waals surface area (Å²) in [6.07, 6.45) is 1.72. The minimum atomic E-state index is -0.381. The summed E-state index contributed by atoms with van der Waals surface area (Å²) in [6.45, 7) is 0.277. The van der Waals surface area contributed by atoms with E-state index in [1.807, 2.05) is 0 Å². The molecule has 0 radical (unpaired) electrons. The van der Waals surface area contributed by atoms with Crippen LogP contribution in [0.25, 0.3) is 11.3 Å². The minimum absolute atomic E-state index is 0.277. The number of fused-ring (bicyclic) bond motifs is 1. The van der Waals surface area contributed by atoms with Gasteiger partial charge in [0.1, 0.15) is 23.4 Å². The lowest BCUT2D eigenvalue weighted by Crippen LogP contribution is -2.34. The average Bonchev–Trinajstić information content (AvgIpc) is 3.15. The van der Waals surface area contributed by atoms with Crippen LogP contribution in [0.15, 0.2) is 48.7 Å². The summed E-state index contributed by atoms with van der Waals surface area (Å²) in [5.41, 5.74) is 2.06. The van der Waals surface area contributed by atoms with Gasteiger partial charge in [0.2, 0.25) is 5.88 Å². The third-order valence-corrected chi connectivity index (χ3v) is 4.38. The number of benzene rings is 1. The molecule has 0 saturated carbocycles. The maximum absolute atomic E-state index is 14.1. The molecule has 1 aliphatic rings. The summed E-state index contributed by atoms with van der Waals surface area (Å²) in [5, 5.41) is 10.8. The van der Waals surface area contributed by atoms with Crippen molar-refractivity contribution < 1.29 is 18.7 Å². The van der Waals surface area contributed by atoms with Gasteiger partial charge in [0.25, 0.3) is 5.91 Å². The fraction of sp³-hybridized carbons (Fsp3) is 0.200. The van der Waals surface area contributed by atoms with Gasteiger partial charge in [-0.15, -0.1) is 10.2 Å². The standard InChI is InChI=1S/C20H17FN4O3/c1-27-18-6-5-16(24-25-18)15-10-13(21)8-12-9-14(28-19(12)15)11-23-20(26)17-4-2-3-7-22-17/h2-8,10,14H,9,11H2,1H3,(H,23,26)/t14-/m0/s1. The molecule has 0 unspecified atom stereocenters. The van der Waals surface area contributed by atoms with Gasteiger partial charge in [0.15, 0.2) is 0 Å². The van der Waals surface area contributed by atoms with Crippen LogP contribution in [-0.4, -0.2) is 40.8 Å². The average molecular weight is 380 g/mol. The second kappa shape index (κ2) is 7.59. The van der Waals surface area contributed by atoms with Gasteiger partial charge in [0, 0.05) is 29.8 Å². The van der Waals surface area contributed by atoms with Crippen LogP contribution in [0.3, 0.4) is 0 Å². The van der Waals surface area contributed by atoms with Crippen molar-refractivity contribution in [3.8, 4) is 22.9 Å². The predicted octanol–water partition coefficient (Wildman–Crippen LogP) is 2.42. The first kappa shape index (κ1) is 17.8. The maximum Gasteiger partial charge on any atom is 0.270 e. The van der Waals surface area contributed by atoms with Gasteiger partial charge >= 0.3 is 0 Å². The molecule has 1 atom stereocenters. The molecular weight excluding hydrogens is 363 g/mol. The lowest BCUT2D eigenvalue weighted by Gasteiger charge is -2.13. The number of carbonyl (C=O) groups is 1. The number of hydrogen-bond donors (Lipinski definition) is 1. The number of halogens is 1. The van der Waals surface area contributed by atoms with E-state index in [1.165, 1.54) is 19.2 Å². The second-order valence-electron chi connectivity index (χ2n) is 6.27. The lowest BCUT2D eigenvalue weighted by molar-refractivity contribution is 0.0928. The lowest BCUT2D eigenvalue weighted by atomic mass is 10.0. The third kappa shape index (κ3) is 3.62. The monoisotopic (exact) mass is 380 g/mol. The van der Waals surface area contributed by atoms with Crippen LogP contribution < -0.4 is 14.8 Å². The van der Waals surface area contributed by atoms with Gasteiger partial charge in [-0.3, -0.25) is 9.78 Å². The number of methoxy groups -OCH3 is 1. The Morgan fingerprint density at radius 2 is 2.18 bits per heavy atom. The van der Waals surface area contributed by atoms with Crippen molar-refractivity contribution in [2.45, 2.75) is 12.5 Å². The van der Waals surface area contributed by atoms with E-state index >= 15 is 0 Å². The highest BCUT2D eigenvalue weighted by molar-refractivity contribution is 5.92. The molecule has 0 fully saturated rings. The van der Waals surface area contributed by atoms with E-state index in [4.69, 9.17) is 9.47 Å². The Morgan fingerprint density at radius 3 is 2.89 bits per heavy atom. The number of hydrogen-bond acceptors (Lipinski definition) is 6. The zero-order valence-electron chi connectivity index (χ0n) is 15.1. The van der Waals surface area contributed by atoms with Crippen molar-refractivity contribution in [1.82, 2.24) is 20.5 Å². The molecule has 2 aromatic heterocycles. The van der Waals surface area contributed by atoms with Crippen molar-refractivity contribution in [1.29, 1.82) is 0 Å². The van der Waals surface area contributed by atoms with E-state index < -0.39 is 0 Å².